The molecular formula is C24H36N2O8. The van der Waals surface area contributed by atoms with Gasteiger partial charge in [-0.2, -0.15) is 0 Å². The fourth-order valence-corrected chi connectivity index (χ4v) is 3.40. The van der Waals surface area contributed by atoms with Crippen LogP contribution in [0.15, 0.2) is 29.3 Å². The molecule has 0 radical (unpaired) electrons. The van der Waals surface area contributed by atoms with Crippen LogP contribution in [0.1, 0.15) is 52.5 Å². The van der Waals surface area contributed by atoms with E-state index >= 15 is 0 Å². The number of aliphatic hydroxyl groups is 3. The Hall–Kier alpha value is -2.69. The van der Waals surface area contributed by atoms with Crippen LogP contribution in [0.2, 0.25) is 0 Å². The number of carbonyl (C=O) groups excluding carboxylic acids is 2. The van der Waals surface area contributed by atoms with Gasteiger partial charge in [0.15, 0.2) is 5.54 Å². The van der Waals surface area contributed by atoms with Crippen molar-refractivity contribution in [2.45, 2.75) is 70.2 Å². The van der Waals surface area contributed by atoms with E-state index in [1.807, 2.05) is 0 Å². The third-order valence-corrected chi connectivity index (χ3v) is 5.23. The highest BCUT2D eigenvalue weighted by atomic mass is 16.6. The first-order chi connectivity index (χ1) is 16.0. The van der Waals surface area contributed by atoms with Crippen molar-refractivity contribution >= 4 is 17.8 Å². The van der Waals surface area contributed by atoms with Gasteiger partial charge in [-0.1, -0.05) is 0 Å². The number of amides is 1. The summed E-state index contributed by atoms with van der Waals surface area (Å²) < 4.78 is 16.9. The highest BCUT2D eigenvalue weighted by Gasteiger charge is 2.50. The zero-order valence-electron chi connectivity index (χ0n) is 20.2. The Bertz CT molecular complexity index is 846. The van der Waals surface area contributed by atoms with E-state index in [1.54, 1.807) is 52.0 Å². The fourth-order valence-electron chi connectivity index (χ4n) is 3.40. The normalized spacial score (nSPS) is 20.0. The number of nitrogens with zero attached hydrogens (tertiary/aromatic N) is 1. The molecule has 0 spiro atoms. The smallest absolute Gasteiger partial charge is 0.306 e. The molecule has 10 nitrogen and oxygen atoms in total. The van der Waals surface area contributed by atoms with Crippen LogP contribution >= 0.6 is 0 Å². The van der Waals surface area contributed by atoms with Crippen LogP contribution in [-0.4, -0.2) is 82.8 Å². The van der Waals surface area contributed by atoms with E-state index < -0.39 is 48.4 Å². The summed E-state index contributed by atoms with van der Waals surface area (Å²) in [6, 6.07) is 6.08. The van der Waals surface area contributed by atoms with Crippen LogP contribution in [0.25, 0.3) is 0 Å². The summed E-state index contributed by atoms with van der Waals surface area (Å²) in [5, 5.41) is 30.3. The lowest BCUT2D eigenvalue weighted by Crippen LogP contribution is -2.55. The van der Waals surface area contributed by atoms with E-state index in [2.05, 4.69) is 10.3 Å². The zero-order valence-corrected chi connectivity index (χ0v) is 20.2. The molecule has 1 amide bonds. The maximum Gasteiger partial charge on any atom is 0.306 e. The van der Waals surface area contributed by atoms with Crippen molar-refractivity contribution in [3.8, 4) is 5.75 Å². The molecule has 2 atom stereocenters. The highest BCUT2D eigenvalue weighted by Crippen LogP contribution is 2.34. The Labute approximate surface area is 199 Å². The van der Waals surface area contributed by atoms with E-state index in [-0.39, 0.29) is 25.3 Å². The number of carbonyl (C=O) groups is 2. The molecular weight excluding hydrogens is 444 g/mol. The van der Waals surface area contributed by atoms with Gasteiger partial charge in [0.05, 0.1) is 25.9 Å². The molecule has 1 heterocycles. The number of aliphatic imine (C=N–C) groups is 1. The second-order valence-electron chi connectivity index (χ2n) is 9.17. The highest BCUT2D eigenvalue weighted by molar-refractivity contribution is 6.01. The second-order valence-corrected chi connectivity index (χ2v) is 9.17. The molecule has 0 bridgehead atoms. The van der Waals surface area contributed by atoms with Gasteiger partial charge in [-0.3, -0.25) is 9.59 Å². The van der Waals surface area contributed by atoms with Gasteiger partial charge in [0, 0.05) is 25.0 Å². The lowest BCUT2D eigenvalue weighted by Gasteiger charge is -2.30. The van der Waals surface area contributed by atoms with Crippen LogP contribution in [0, 0.1) is 0 Å². The molecule has 0 fully saturated rings. The second kappa shape index (κ2) is 12.1. The average Bonchev–Trinajstić information content (AvgIpc) is 3.13. The Balaban J connectivity index is 2.28. The van der Waals surface area contributed by atoms with Gasteiger partial charge in [-0.05, 0) is 58.4 Å². The molecule has 4 N–H and O–H groups in total. The van der Waals surface area contributed by atoms with E-state index in [4.69, 9.17) is 19.3 Å². The van der Waals surface area contributed by atoms with Crippen LogP contribution in [-0.2, 0) is 19.1 Å². The topological polar surface area (TPSA) is 147 Å². The maximum atomic E-state index is 13.3. The minimum absolute atomic E-state index is 0.0182. The summed E-state index contributed by atoms with van der Waals surface area (Å²) >= 11 is 0. The standard InChI is InChI=1S/C24H36N2O8/c1-16-24(22(31)25-18(14-28)15-29,11-10-20(30)34-23(2,3)4)26-21(33-16)17-6-8-19(9-7-17)32-13-5-12-27/h6-9,16,18,27-29H,5,10-15H2,1-4H3,(H,25,31)/t16-,24-/m1/s1. The minimum Gasteiger partial charge on any atom is -0.494 e. The number of nitrogens with one attached hydrogen (secondary N) is 1. The van der Waals surface area contributed by atoms with Gasteiger partial charge in [-0.25, -0.2) is 4.99 Å². The van der Waals surface area contributed by atoms with Crippen molar-refractivity contribution in [1.29, 1.82) is 0 Å². The van der Waals surface area contributed by atoms with E-state index in [9.17, 15) is 19.8 Å². The number of esters is 1. The first-order valence-electron chi connectivity index (χ1n) is 11.4. The third-order valence-electron chi connectivity index (χ3n) is 5.23. The quantitative estimate of drug-likeness (QED) is 0.255. The number of rotatable bonds is 12. The zero-order chi connectivity index (χ0) is 25.4. The van der Waals surface area contributed by atoms with Crippen LogP contribution in [0.3, 0.4) is 0 Å². The summed E-state index contributed by atoms with van der Waals surface area (Å²) in [7, 11) is 0. The van der Waals surface area contributed by atoms with E-state index in [0.717, 1.165) is 0 Å². The Morgan fingerprint density at radius 1 is 1.18 bits per heavy atom. The van der Waals surface area contributed by atoms with Crippen LogP contribution in [0.4, 0.5) is 0 Å². The van der Waals surface area contributed by atoms with Gasteiger partial charge >= 0.3 is 5.97 Å². The summed E-state index contributed by atoms with van der Waals surface area (Å²) in [6.07, 6.45) is -0.254. The number of ether oxygens (including phenoxy) is 3. The van der Waals surface area contributed by atoms with E-state index in [1.165, 1.54) is 0 Å². The monoisotopic (exact) mass is 480 g/mol. The van der Waals surface area contributed by atoms with Gasteiger partial charge in [0.25, 0.3) is 5.91 Å². The van der Waals surface area contributed by atoms with Gasteiger partial charge < -0.3 is 34.8 Å². The van der Waals surface area contributed by atoms with Crippen LogP contribution < -0.4 is 10.1 Å². The lowest BCUT2D eigenvalue weighted by atomic mass is 9.87. The molecule has 0 unspecified atom stereocenters. The molecule has 1 aromatic rings. The molecule has 1 aliphatic rings. The van der Waals surface area contributed by atoms with Crippen molar-refractivity contribution in [2.24, 2.45) is 4.99 Å². The van der Waals surface area contributed by atoms with E-state index in [0.29, 0.717) is 24.3 Å². The Kier molecular flexibility index (Phi) is 9.84. The molecule has 10 heteroatoms. The number of benzene rings is 1. The predicted octanol–water partition coefficient (Wildman–Crippen LogP) is 0.943. The molecule has 190 valence electrons. The summed E-state index contributed by atoms with van der Waals surface area (Å²) in [6.45, 7) is 6.49. The van der Waals surface area contributed by atoms with Crippen molar-refractivity contribution in [1.82, 2.24) is 5.32 Å². The van der Waals surface area contributed by atoms with Gasteiger partial charge in [0.1, 0.15) is 17.5 Å². The SMILES string of the molecule is C[C@H]1OC(c2ccc(OCCCO)cc2)=N[C@@]1(CCC(=O)OC(C)(C)C)C(=O)NC(CO)CO. The van der Waals surface area contributed by atoms with Gasteiger partial charge in [0.2, 0.25) is 5.90 Å². The molecule has 0 aliphatic carbocycles. The van der Waals surface area contributed by atoms with Crippen molar-refractivity contribution in [2.75, 3.05) is 26.4 Å². The molecule has 0 aromatic heterocycles. The van der Waals surface area contributed by atoms with Crippen molar-refractivity contribution < 1.29 is 39.1 Å². The van der Waals surface area contributed by atoms with Crippen LogP contribution in [0.5, 0.6) is 5.75 Å². The number of hydrogen-bond acceptors (Lipinski definition) is 9. The summed E-state index contributed by atoms with van der Waals surface area (Å²) in [5.41, 5.74) is -1.50. The minimum atomic E-state index is -1.45. The molecule has 34 heavy (non-hydrogen) atoms. The molecule has 1 aromatic carbocycles. The lowest BCUT2D eigenvalue weighted by molar-refractivity contribution is -0.155. The Morgan fingerprint density at radius 2 is 1.82 bits per heavy atom. The largest absolute Gasteiger partial charge is 0.494 e. The molecule has 0 saturated heterocycles. The predicted molar refractivity (Wildman–Crippen MR) is 125 cm³/mol. The number of aliphatic hydroxyl groups excluding tert-OH is 3. The summed E-state index contributed by atoms with van der Waals surface area (Å²) in [4.78, 5) is 30.2. The van der Waals surface area contributed by atoms with Crippen molar-refractivity contribution in [3.05, 3.63) is 29.8 Å². The fraction of sp³-hybridized carbons (Fsp3) is 0.625. The molecule has 1 aliphatic heterocycles. The average molecular weight is 481 g/mol. The molecule has 2 rings (SSSR count). The maximum absolute atomic E-state index is 13.3. The van der Waals surface area contributed by atoms with Gasteiger partial charge in [-0.15, -0.1) is 0 Å². The number of hydrogen-bond donors (Lipinski definition) is 4. The van der Waals surface area contributed by atoms with Crippen molar-refractivity contribution in [3.63, 3.8) is 0 Å². The first-order valence-corrected chi connectivity index (χ1v) is 11.4. The molecule has 0 saturated carbocycles. The first kappa shape index (κ1) is 27.6. The summed E-state index contributed by atoms with van der Waals surface area (Å²) in [5.74, 6) is -0.179. The third kappa shape index (κ3) is 7.41. The Morgan fingerprint density at radius 3 is 2.38 bits per heavy atom.